The summed E-state index contributed by atoms with van der Waals surface area (Å²) in [5, 5.41) is 7.65. The minimum absolute atomic E-state index is 0.372. The number of nitrogens with zero attached hydrogens (tertiary/aromatic N) is 2. The Labute approximate surface area is 127 Å². The van der Waals surface area contributed by atoms with E-state index in [2.05, 4.69) is 10.3 Å². The maximum absolute atomic E-state index is 11.5. The summed E-state index contributed by atoms with van der Waals surface area (Å²) >= 11 is 0. The number of ether oxygens (including phenoxy) is 2. The maximum Gasteiger partial charge on any atom is 0.303 e. The number of carbonyl (C=O) groups excluding carboxylic acids is 1. The molecule has 0 bridgehead atoms. The van der Waals surface area contributed by atoms with E-state index in [4.69, 9.17) is 19.8 Å². The van der Waals surface area contributed by atoms with Gasteiger partial charge in [-0.1, -0.05) is 13.8 Å². The average Bonchev–Trinajstić information content (AvgIpc) is 2.95. The highest BCUT2D eigenvalue weighted by Crippen LogP contribution is 2.44. The number of hydrogen-bond donors (Lipinski definition) is 1. The molecule has 0 fully saturated rings. The molecule has 0 aliphatic carbocycles. The first-order valence-corrected chi connectivity index (χ1v) is 7.38. The second kappa shape index (κ2) is 5.24. The lowest BCUT2D eigenvalue weighted by molar-refractivity contribution is -0.166. The Kier molecular flexibility index (Phi) is 3.52. The van der Waals surface area contributed by atoms with Crippen LogP contribution in [0.2, 0.25) is 0 Å². The molecule has 3 rings (SSSR count). The minimum atomic E-state index is -0.650. The molecule has 118 valence electrons. The lowest BCUT2D eigenvalue weighted by Crippen LogP contribution is -2.56. The molecule has 0 saturated carbocycles. The Morgan fingerprint density at radius 3 is 2.55 bits per heavy atom. The van der Waals surface area contributed by atoms with Crippen molar-refractivity contribution in [3.05, 3.63) is 17.7 Å². The fourth-order valence-electron chi connectivity index (χ4n) is 3.10. The topological polar surface area (TPSA) is 100 Å². The lowest BCUT2D eigenvalue weighted by atomic mass is 9.80. The van der Waals surface area contributed by atoms with Crippen LogP contribution >= 0.6 is 0 Å². The highest BCUT2D eigenvalue weighted by molar-refractivity contribution is 5.77. The van der Waals surface area contributed by atoms with Gasteiger partial charge < -0.3 is 15.2 Å². The van der Waals surface area contributed by atoms with Crippen LogP contribution in [0.1, 0.15) is 45.2 Å². The van der Waals surface area contributed by atoms with Crippen molar-refractivity contribution in [2.45, 2.75) is 51.4 Å². The van der Waals surface area contributed by atoms with Gasteiger partial charge in [-0.2, -0.15) is 0 Å². The minimum Gasteiger partial charge on any atom is -0.483 e. The van der Waals surface area contributed by atoms with Gasteiger partial charge in [0.25, 0.3) is 0 Å². The summed E-state index contributed by atoms with van der Waals surface area (Å²) in [6.07, 6.45) is 0.790. The van der Waals surface area contributed by atoms with E-state index in [9.17, 15) is 4.79 Å². The molecule has 1 aromatic heterocycles. The van der Waals surface area contributed by atoms with Crippen molar-refractivity contribution in [2.75, 3.05) is 0 Å². The van der Waals surface area contributed by atoms with Crippen LogP contribution in [0.4, 0.5) is 0 Å². The second-order valence-electron chi connectivity index (χ2n) is 5.57. The van der Waals surface area contributed by atoms with Gasteiger partial charge in [-0.15, -0.1) is 0 Å². The van der Waals surface area contributed by atoms with Crippen molar-refractivity contribution in [1.29, 1.82) is 0 Å². The van der Waals surface area contributed by atoms with Crippen LogP contribution in [0.3, 0.4) is 0 Å². The van der Waals surface area contributed by atoms with E-state index in [1.54, 1.807) is 12.1 Å². The van der Waals surface area contributed by atoms with Gasteiger partial charge in [0.05, 0.1) is 6.04 Å². The molecule has 0 saturated heterocycles. The summed E-state index contributed by atoms with van der Waals surface area (Å²) in [5.74, 6) is 0.269. The first kappa shape index (κ1) is 14.8. The molecule has 2 unspecified atom stereocenters. The van der Waals surface area contributed by atoms with Crippen molar-refractivity contribution in [1.82, 2.24) is 10.3 Å². The third-order valence-corrected chi connectivity index (χ3v) is 4.39. The van der Waals surface area contributed by atoms with E-state index in [0.29, 0.717) is 29.6 Å². The van der Waals surface area contributed by atoms with Crippen LogP contribution in [-0.2, 0) is 9.53 Å². The number of esters is 1. The first-order valence-electron chi connectivity index (χ1n) is 7.38. The van der Waals surface area contributed by atoms with Crippen molar-refractivity contribution >= 4 is 17.0 Å². The Morgan fingerprint density at radius 2 is 1.95 bits per heavy atom. The number of carbonyl (C=O) groups is 1. The van der Waals surface area contributed by atoms with Crippen molar-refractivity contribution in [3.63, 3.8) is 0 Å². The third kappa shape index (κ3) is 2.12. The van der Waals surface area contributed by atoms with Crippen LogP contribution in [0.25, 0.3) is 11.0 Å². The normalized spacial score (nSPS) is 22.9. The number of nitrogens with two attached hydrogens (primary N) is 1. The molecule has 1 aromatic carbocycles. The number of rotatable bonds is 3. The second-order valence-corrected chi connectivity index (χ2v) is 5.57. The van der Waals surface area contributed by atoms with E-state index in [-0.39, 0.29) is 5.97 Å². The third-order valence-electron chi connectivity index (χ3n) is 4.39. The molecule has 2 N–H and O–H groups in total. The molecule has 7 nitrogen and oxygen atoms in total. The van der Waals surface area contributed by atoms with Crippen molar-refractivity contribution < 1.29 is 18.9 Å². The predicted octanol–water partition coefficient (Wildman–Crippen LogP) is 2.11. The number of benzene rings is 1. The van der Waals surface area contributed by atoms with Gasteiger partial charge in [0, 0.05) is 18.6 Å². The summed E-state index contributed by atoms with van der Waals surface area (Å²) in [6, 6.07) is 3.05. The molecular formula is C15H19N3O4. The van der Waals surface area contributed by atoms with E-state index in [1.807, 2.05) is 13.8 Å². The molecule has 22 heavy (non-hydrogen) atoms. The quantitative estimate of drug-likeness (QED) is 0.866. The zero-order valence-corrected chi connectivity index (χ0v) is 12.8. The van der Waals surface area contributed by atoms with Crippen LogP contribution < -0.4 is 10.5 Å². The molecule has 0 spiro atoms. The summed E-state index contributed by atoms with van der Waals surface area (Å²) in [6.45, 7) is 5.37. The van der Waals surface area contributed by atoms with Gasteiger partial charge >= 0.3 is 5.97 Å². The Morgan fingerprint density at radius 1 is 1.32 bits per heavy atom. The summed E-state index contributed by atoms with van der Waals surface area (Å²) < 4.78 is 16.4. The summed E-state index contributed by atoms with van der Waals surface area (Å²) in [4.78, 5) is 11.5. The monoisotopic (exact) mass is 305 g/mol. The van der Waals surface area contributed by atoms with Crippen LogP contribution in [0.15, 0.2) is 16.8 Å². The van der Waals surface area contributed by atoms with Gasteiger partial charge in [-0.05, 0) is 29.2 Å². The molecule has 2 atom stereocenters. The van der Waals surface area contributed by atoms with E-state index >= 15 is 0 Å². The summed E-state index contributed by atoms with van der Waals surface area (Å²) in [5.41, 5.74) is 7.69. The highest BCUT2D eigenvalue weighted by Gasteiger charge is 2.49. The standard InChI is InChI=1S/C15H19N3O4/c1-4-15(5-2)14(20-8(3)19)13(16)9-6-10-11(18-22-17-10)7-12(9)21-15/h6-7,13-14H,4-5,16H2,1-3H3. The van der Waals surface area contributed by atoms with Gasteiger partial charge in [-0.25, -0.2) is 4.63 Å². The SMILES string of the molecule is CCC1(CC)Oc2cc3nonc3cc2C(N)C1OC(C)=O. The molecule has 2 aromatic rings. The van der Waals surface area contributed by atoms with E-state index < -0.39 is 17.7 Å². The van der Waals surface area contributed by atoms with Gasteiger partial charge in [-0.3, -0.25) is 4.79 Å². The van der Waals surface area contributed by atoms with E-state index in [0.717, 1.165) is 5.56 Å². The number of aromatic nitrogens is 2. The number of hydrogen-bond acceptors (Lipinski definition) is 7. The fourth-order valence-corrected chi connectivity index (χ4v) is 3.10. The van der Waals surface area contributed by atoms with Crippen molar-refractivity contribution in [2.24, 2.45) is 5.73 Å². The Hall–Kier alpha value is -2.15. The predicted molar refractivity (Wildman–Crippen MR) is 78.2 cm³/mol. The molecule has 2 heterocycles. The van der Waals surface area contributed by atoms with Crippen LogP contribution in [0, 0.1) is 0 Å². The maximum atomic E-state index is 11.5. The van der Waals surface area contributed by atoms with Crippen LogP contribution in [0.5, 0.6) is 5.75 Å². The first-order chi connectivity index (χ1) is 10.5. The van der Waals surface area contributed by atoms with Crippen molar-refractivity contribution in [3.8, 4) is 5.75 Å². The smallest absolute Gasteiger partial charge is 0.303 e. The number of fused-ring (bicyclic) bond motifs is 2. The fraction of sp³-hybridized carbons (Fsp3) is 0.533. The molecule has 0 amide bonds. The molecule has 1 aliphatic rings. The highest BCUT2D eigenvalue weighted by atomic mass is 16.6. The van der Waals surface area contributed by atoms with Crippen LogP contribution in [-0.4, -0.2) is 28.0 Å². The Bertz CT molecular complexity index is 708. The molecule has 7 heteroatoms. The molecule has 1 aliphatic heterocycles. The zero-order valence-electron chi connectivity index (χ0n) is 12.8. The summed E-state index contributed by atoms with van der Waals surface area (Å²) in [7, 11) is 0. The lowest BCUT2D eigenvalue weighted by Gasteiger charge is -2.45. The zero-order chi connectivity index (χ0) is 15.9. The largest absolute Gasteiger partial charge is 0.483 e. The van der Waals surface area contributed by atoms with E-state index in [1.165, 1.54) is 6.92 Å². The van der Waals surface area contributed by atoms with Gasteiger partial charge in [0.2, 0.25) is 0 Å². The van der Waals surface area contributed by atoms with Gasteiger partial charge in [0.15, 0.2) is 6.10 Å². The molecule has 0 radical (unpaired) electrons. The van der Waals surface area contributed by atoms with Gasteiger partial charge in [0.1, 0.15) is 22.4 Å². The average molecular weight is 305 g/mol. The molecular weight excluding hydrogens is 286 g/mol. The Balaban J connectivity index is 2.13.